The van der Waals surface area contributed by atoms with Gasteiger partial charge in [-0.1, -0.05) is 30.3 Å². The van der Waals surface area contributed by atoms with E-state index in [1.807, 2.05) is 41.1 Å². The van der Waals surface area contributed by atoms with E-state index in [1.54, 1.807) is 53.0 Å². The van der Waals surface area contributed by atoms with Gasteiger partial charge in [-0.2, -0.15) is 0 Å². The number of fused-ring (bicyclic) bond motifs is 1. The summed E-state index contributed by atoms with van der Waals surface area (Å²) >= 11 is 0. The van der Waals surface area contributed by atoms with Crippen LogP contribution in [0.25, 0.3) is 16.6 Å². The molecule has 0 bridgehead atoms. The van der Waals surface area contributed by atoms with Crippen LogP contribution in [0.15, 0.2) is 93.3 Å². The smallest absolute Gasteiger partial charge is 0.281 e. The molecule has 0 saturated heterocycles. The van der Waals surface area contributed by atoms with E-state index in [4.69, 9.17) is 4.42 Å². The molecule has 5 rings (SSSR count). The molecule has 31 heavy (non-hydrogen) atoms. The Morgan fingerprint density at radius 3 is 2.42 bits per heavy atom. The lowest BCUT2D eigenvalue weighted by molar-refractivity contribution is 0.487. The van der Waals surface area contributed by atoms with Crippen molar-refractivity contribution >= 4 is 10.9 Å². The molecule has 0 fully saturated rings. The highest BCUT2D eigenvalue weighted by Gasteiger charge is 2.20. The van der Waals surface area contributed by atoms with Crippen molar-refractivity contribution in [3.05, 3.63) is 117 Å². The first-order valence-corrected chi connectivity index (χ1v) is 9.96. The molecule has 0 unspecified atom stereocenters. The standard InChI is InChI=1S/C24H20N4O3/c1-17-23-21(14-22(29)26(17)16-20-8-5-13-31-20)27(15-18-6-3-2-4-7-18)28(24(23)30)19-9-11-25-12-10-19/h2-14H,15-16H2,1H3. The summed E-state index contributed by atoms with van der Waals surface area (Å²) < 4.78 is 10.5. The predicted octanol–water partition coefficient (Wildman–Crippen LogP) is 3.35. The van der Waals surface area contributed by atoms with Crippen LogP contribution in [0.5, 0.6) is 0 Å². The number of benzene rings is 1. The fourth-order valence-corrected chi connectivity index (χ4v) is 3.95. The molecule has 0 aliphatic rings. The van der Waals surface area contributed by atoms with Crippen LogP contribution in [0.3, 0.4) is 0 Å². The summed E-state index contributed by atoms with van der Waals surface area (Å²) in [5.41, 5.74) is 2.57. The van der Waals surface area contributed by atoms with E-state index < -0.39 is 0 Å². The van der Waals surface area contributed by atoms with Gasteiger partial charge >= 0.3 is 0 Å². The zero-order valence-corrected chi connectivity index (χ0v) is 16.9. The molecule has 5 aromatic rings. The zero-order valence-electron chi connectivity index (χ0n) is 16.9. The quantitative estimate of drug-likeness (QED) is 0.444. The van der Waals surface area contributed by atoms with Gasteiger partial charge in [-0.15, -0.1) is 0 Å². The molecule has 0 radical (unpaired) electrons. The number of hydrogen-bond acceptors (Lipinski definition) is 4. The maximum atomic E-state index is 13.6. The summed E-state index contributed by atoms with van der Waals surface area (Å²) in [6, 6.07) is 18.6. The highest BCUT2D eigenvalue weighted by molar-refractivity contribution is 5.81. The van der Waals surface area contributed by atoms with Gasteiger partial charge in [-0.05, 0) is 36.8 Å². The molecule has 0 atom stereocenters. The zero-order chi connectivity index (χ0) is 21.4. The SMILES string of the molecule is Cc1c2c(=O)n(-c3ccncc3)n(Cc3ccccc3)c2cc(=O)n1Cc1ccco1. The largest absolute Gasteiger partial charge is 0.467 e. The lowest BCUT2D eigenvalue weighted by Crippen LogP contribution is -2.23. The Morgan fingerprint density at radius 1 is 0.935 bits per heavy atom. The summed E-state index contributed by atoms with van der Waals surface area (Å²) in [6.07, 6.45) is 4.87. The van der Waals surface area contributed by atoms with E-state index >= 15 is 0 Å². The molecule has 7 heteroatoms. The van der Waals surface area contributed by atoms with Gasteiger partial charge in [0.15, 0.2) is 0 Å². The van der Waals surface area contributed by atoms with Crippen molar-refractivity contribution in [2.45, 2.75) is 20.0 Å². The number of rotatable bonds is 5. The van der Waals surface area contributed by atoms with Gasteiger partial charge < -0.3 is 8.98 Å². The van der Waals surface area contributed by atoms with Gasteiger partial charge in [-0.3, -0.25) is 19.3 Å². The molecular weight excluding hydrogens is 392 g/mol. The number of furan rings is 1. The highest BCUT2D eigenvalue weighted by atomic mass is 16.3. The van der Waals surface area contributed by atoms with Gasteiger partial charge in [-0.25, -0.2) is 4.68 Å². The van der Waals surface area contributed by atoms with Crippen molar-refractivity contribution in [2.75, 3.05) is 0 Å². The number of aromatic nitrogens is 4. The molecule has 1 aromatic carbocycles. The molecule has 154 valence electrons. The third-order valence-electron chi connectivity index (χ3n) is 5.45. The summed E-state index contributed by atoms with van der Waals surface area (Å²) in [4.78, 5) is 30.7. The summed E-state index contributed by atoms with van der Waals surface area (Å²) in [5.74, 6) is 0.655. The minimum absolute atomic E-state index is 0.178. The molecule has 0 spiro atoms. The van der Waals surface area contributed by atoms with Gasteiger partial charge in [0.1, 0.15) is 5.76 Å². The van der Waals surface area contributed by atoms with Crippen molar-refractivity contribution < 1.29 is 4.42 Å². The normalized spacial score (nSPS) is 11.3. The second-order valence-electron chi connectivity index (χ2n) is 7.36. The minimum atomic E-state index is -0.185. The van der Waals surface area contributed by atoms with Gasteiger partial charge in [0.05, 0.1) is 35.9 Å². The summed E-state index contributed by atoms with van der Waals surface area (Å²) in [5, 5.41) is 0.513. The van der Waals surface area contributed by atoms with E-state index in [0.717, 1.165) is 5.56 Å². The van der Waals surface area contributed by atoms with Crippen LogP contribution in [0.4, 0.5) is 0 Å². The molecule has 0 amide bonds. The Hall–Kier alpha value is -4.13. The van der Waals surface area contributed by atoms with E-state index in [9.17, 15) is 9.59 Å². The average molecular weight is 412 g/mol. The first-order chi connectivity index (χ1) is 15.1. The fourth-order valence-electron chi connectivity index (χ4n) is 3.95. The van der Waals surface area contributed by atoms with Crippen LogP contribution in [0, 0.1) is 6.92 Å². The number of pyridine rings is 2. The Morgan fingerprint density at radius 2 is 1.71 bits per heavy atom. The lowest BCUT2D eigenvalue weighted by Gasteiger charge is -2.13. The first kappa shape index (κ1) is 18.9. The summed E-state index contributed by atoms with van der Waals surface area (Å²) in [6.45, 7) is 2.52. The molecule has 4 aromatic heterocycles. The molecule has 4 heterocycles. The Kier molecular flexibility index (Phi) is 4.63. The van der Waals surface area contributed by atoms with Crippen LogP contribution in [-0.4, -0.2) is 18.9 Å². The Balaban J connectivity index is 1.79. The second-order valence-corrected chi connectivity index (χ2v) is 7.36. The van der Waals surface area contributed by atoms with Crippen LogP contribution in [0.1, 0.15) is 17.0 Å². The van der Waals surface area contributed by atoms with Gasteiger partial charge in [0, 0.05) is 24.2 Å². The van der Waals surface area contributed by atoms with Crippen LogP contribution < -0.4 is 11.1 Å². The van der Waals surface area contributed by atoms with Crippen molar-refractivity contribution in [1.82, 2.24) is 18.9 Å². The van der Waals surface area contributed by atoms with E-state index in [1.165, 1.54) is 6.07 Å². The molecule has 0 saturated carbocycles. The highest BCUT2D eigenvalue weighted by Crippen LogP contribution is 2.19. The van der Waals surface area contributed by atoms with Crippen molar-refractivity contribution in [3.63, 3.8) is 0 Å². The fraction of sp³-hybridized carbons (Fsp3) is 0.125. The van der Waals surface area contributed by atoms with Crippen molar-refractivity contribution in [1.29, 1.82) is 0 Å². The molecular formula is C24H20N4O3. The third kappa shape index (κ3) is 3.30. The Bertz CT molecular complexity index is 1460. The van der Waals surface area contributed by atoms with E-state index in [-0.39, 0.29) is 17.7 Å². The van der Waals surface area contributed by atoms with Gasteiger partial charge in [0.2, 0.25) is 0 Å². The van der Waals surface area contributed by atoms with Crippen LogP contribution in [-0.2, 0) is 13.1 Å². The topological polar surface area (TPSA) is 75.0 Å². The first-order valence-electron chi connectivity index (χ1n) is 9.96. The maximum absolute atomic E-state index is 13.6. The van der Waals surface area contributed by atoms with Crippen molar-refractivity contribution in [2.24, 2.45) is 0 Å². The number of aryl methyl sites for hydroxylation is 1. The Labute approximate surface area is 177 Å². The molecule has 0 N–H and O–H groups in total. The van der Waals surface area contributed by atoms with Crippen molar-refractivity contribution in [3.8, 4) is 5.69 Å². The average Bonchev–Trinajstić information content (AvgIpc) is 3.39. The maximum Gasteiger partial charge on any atom is 0.281 e. The van der Waals surface area contributed by atoms with Gasteiger partial charge in [0.25, 0.3) is 11.1 Å². The number of hydrogen-bond donors (Lipinski definition) is 0. The van der Waals surface area contributed by atoms with E-state index in [0.29, 0.717) is 34.6 Å². The second kappa shape index (κ2) is 7.60. The molecule has 0 aliphatic heterocycles. The molecule has 0 aliphatic carbocycles. The van der Waals surface area contributed by atoms with Crippen LogP contribution >= 0.6 is 0 Å². The number of nitrogens with zero attached hydrogens (tertiary/aromatic N) is 4. The summed E-state index contributed by atoms with van der Waals surface area (Å²) in [7, 11) is 0. The lowest BCUT2D eigenvalue weighted by atomic mass is 10.2. The minimum Gasteiger partial charge on any atom is -0.467 e. The third-order valence-corrected chi connectivity index (χ3v) is 5.45. The monoisotopic (exact) mass is 412 g/mol. The van der Waals surface area contributed by atoms with Crippen LogP contribution in [0.2, 0.25) is 0 Å². The van der Waals surface area contributed by atoms with E-state index in [2.05, 4.69) is 4.98 Å². The predicted molar refractivity (Wildman–Crippen MR) is 118 cm³/mol. The molecule has 7 nitrogen and oxygen atoms in total.